The second kappa shape index (κ2) is 7.01. The number of pyridine rings is 1. The Labute approximate surface area is 126 Å². The van der Waals surface area contributed by atoms with Gasteiger partial charge in [-0.05, 0) is 18.2 Å². The average Bonchev–Trinajstić information content (AvgIpc) is 2.46. The predicted octanol–water partition coefficient (Wildman–Crippen LogP) is 3.55. The van der Waals surface area contributed by atoms with Gasteiger partial charge in [-0.15, -0.1) is 0 Å². The van der Waals surface area contributed by atoms with Crippen molar-refractivity contribution in [2.24, 2.45) is 0 Å². The fourth-order valence-electron chi connectivity index (χ4n) is 1.67. The van der Waals surface area contributed by atoms with Crippen molar-refractivity contribution in [3.8, 4) is 11.6 Å². The van der Waals surface area contributed by atoms with E-state index in [-0.39, 0.29) is 10.7 Å². The van der Waals surface area contributed by atoms with Gasteiger partial charge in [0.05, 0.1) is 4.92 Å². The van der Waals surface area contributed by atoms with E-state index in [1.165, 1.54) is 18.2 Å². The van der Waals surface area contributed by atoms with Crippen LogP contribution in [0.25, 0.3) is 0 Å². The summed E-state index contributed by atoms with van der Waals surface area (Å²) in [6.07, 6.45) is 1.71. The van der Waals surface area contributed by atoms with Crippen LogP contribution in [0.4, 0.5) is 5.69 Å². The molecule has 0 aliphatic carbocycles. The number of aromatic nitrogens is 1. The lowest BCUT2D eigenvalue weighted by Crippen LogP contribution is -2.11. The standard InChI is InChI=1S/C14H14ClN3O3/c1-2-16-8-10-3-6-14(17-9-10)21-11-4-5-13(18(19)20)12(15)7-11/h3-7,9,16H,2,8H2,1H3. The highest BCUT2D eigenvalue weighted by Crippen LogP contribution is 2.30. The summed E-state index contributed by atoms with van der Waals surface area (Å²) in [5, 5.41) is 13.9. The molecule has 110 valence electrons. The molecule has 7 heteroatoms. The second-order valence-electron chi connectivity index (χ2n) is 4.26. The number of nitro groups is 1. The Bertz CT molecular complexity index is 632. The van der Waals surface area contributed by atoms with Crippen LogP contribution >= 0.6 is 11.6 Å². The number of benzene rings is 1. The Hall–Kier alpha value is -2.18. The van der Waals surface area contributed by atoms with Crippen molar-refractivity contribution in [3.63, 3.8) is 0 Å². The zero-order chi connectivity index (χ0) is 15.2. The third-order valence-electron chi connectivity index (χ3n) is 2.71. The minimum atomic E-state index is -0.542. The molecular formula is C14H14ClN3O3. The van der Waals surface area contributed by atoms with Gasteiger partial charge in [-0.25, -0.2) is 4.98 Å². The van der Waals surface area contributed by atoms with Gasteiger partial charge in [0.2, 0.25) is 5.88 Å². The number of hydrogen-bond acceptors (Lipinski definition) is 5. The maximum absolute atomic E-state index is 10.7. The average molecular weight is 308 g/mol. The molecule has 0 aliphatic heterocycles. The molecule has 1 heterocycles. The number of halogens is 1. The Morgan fingerprint density at radius 3 is 2.76 bits per heavy atom. The lowest BCUT2D eigenvalue weighted by atomic mass is 10.3. The van der Waals surface area contributed by atoms with Crippen LogP contribution in [0.3, 0.4) is 0 Å². The molecule has 1 aromatic heterocycles. The Morgan fingerprint density at radius 2 is 2.19 bits per heavy atom. The van der Waals surface area contributed by atoms with Crippen LogP contribution in [0.2, 0.25) is 5.02 Å². The van der Waals surface area contributed by atoms with Crippen molar-refractivity contribution in [2.75, 3.05) is 6.54 Å². The van der Waals surface area contributed by atoms with Gasteiger partial charge in [-0.1, -0.05) is 24.6 Å². The van der Waals surface area contributed by atoms with Gasteiger partial charge < -0.3 is 10.1 Å². The Morgan fingerprint density at radius 1 is 1.38 bits per heavy atom. The Kier molecular flexibility index (Phi) is 5.08. The molecule has 0 saturated carbocycles. The molecule has 1 aromatic carbocycles. The fourth-order valence-corrected chi connectivity index (χ4v) is 1.90. The van der Waals surface area contributed by atoms with Gasteiger partial charge in [-0.3, -0.25) is 10.1 Å². The van der Waals surface area contributed by atoms with Crippen molar-refractivity contribution in [1.29, 1.82) is 0 Å². The smallest absolute Gasteiger partial charge is 0.288 e. The van der Waals surface area contributed by atoms with Gasteiger partial charge >= 0.3 is 0 Å². The van der Waals surface area contributed by atoms with Crippen molar-refractivity contribution in [2.45, 2.75) is 13.5 Å². The fraction of sp³-hybridized carbons (Fsp3) is 0.214. The topological polar surface area (TPSA) is 77.3 Å². The van der Waals surface area contributed by atoms with E-state index >= 15 is 0 Å². The number of hydrogen-bond donors (Lipinski definition) is 1. The molecule has 2 aromatic rings. The highest BCUT2D eigenvalue weighted by atomic mass is 35.5. The molecule has 0 atom stereocenters. The van der Waals surface area contributed by atoms with E-state index in [1.807, 2.05) is 13.0 Å². The van der Waals surface area contributed by atoms with Crippen molar-refractivity contribution < 1.29 is 9.66 Å². The van der Waals surface area contributed by atoms with Gasteiger partial charge in [0.1, 0.15) is 10.8 Å². The van der Waals surface area contributed by atoms with Gasteiger partial charge in [-0.2, -0.15) is 0 Å². The van der Waals surface area contributed by atoms with E-state index in [2.05, 4.69) is 10.3 Å². The van der Waals surface area contributed by atoms with E-state index in [0.29, 0.717) is 11.6 Å². The summed E-state index contributed by atoms with van der Waals surface area (Å²) < 4.78 is 5.51. The maximum atomic E-state index is 10.7. The molecule has 1 N–H and O–H groups in total. The van der Waals surface area contributed by atoms with Gasteiger partial charge in [0.25, 0.3) is 5.69 Å². The molecule has 0 aliphatic rings. The molecule has 2 rings (SSSR count). The zero-order valence-corrected chi connectivity index (χ0v) is 12.1. The molecule has 0 unspecified atom stereocenters. The predicted molar refractivity (Wildman–Crippen MR) is 79.8 cm³/mol. The molecule has 0 saturated heterocycles. The first-order chi connectivity index (χ1) is 10.1. The maximum Gasteiger partial charge on any atom is 0.288 e. The van der Waals surface area contributed by atoms with Gasteiger partial charge in [0, 0.05) is 30.9 Å². The highest BCUT2D eigenvalue weighted by Gasteiger charge is 2.13. The largest absolute Gasteiger partial charge is 0.439 e. The van der Waals surface area contributed by atoms with Crippen molar-refractivity contribution >= 4 is 17.3 Å². The summed E-state index contributed by atoms with van der Waals surface area (Å²) in [5.74, 6) is 0.803. The molecule has 6 nitrogen and oxygen atoms in total. The van der Waals surface area contributed by atoms with E-state index < -0.39 is 4.92 Å². The van der Waals surface area contributed by atoms with Crippen LogP contribution < -0.4 is 10.1 Å². The molecular weight excluding hydrogens is 294 g/mol. The number of nitrogens with zero attached hydrogens (tertiary/aromatic N) is 2. The summed E-state index contributed by atoms with van der Waals surface area (Å²) >= 11 is 5.82. The van der Waals surface area contributed by atoms with Crippen LogP contribution in [0.5, 0.6) is 11.6 Å². The monoisotopic (exact) mass is 307 g/mol. The van der Waals surface area contributed by atoms with Crippen LogP contribution in [0, 0.1) is 10.1 Å². The lowest BCUT2D eigenvalue weighted by Gasteiger charge is -2.06. The summed E-state index contributed by atoms with van der Waals surface area (Å²) in [4.78, 5) is 14.3. The molecule has 0 radical (unpaired) electrons. The van der Waals surface area contributed by atoms with E-state index in [9.17, 15) is 10.1 Å². The number of ether oxygens (including phenoxy) is 1. The van der Waals surface area contributed by atoms with E-state index in [4.69, 9.17) is 16.3 Å². The molecule has 0 amide bonds. The number of rotatable bonds is 6. The first kappa shape index (κ1) is 15.2. The molecule has 0 fully saturated rings. The quantitative estimate of drug-likeness (QED) is 0.652. The normalized spacial score (nSPS) is 10.4. The highest BCUT2D eigenvalue weighted by molar-refractivity contribution is 6.32. The van der Waals surface area contributed by atoms with Crippen LogP contribution in [-0.2, 0) is 6.54 Å². The summed E-state index contributed by atoms with van der Waals surface area (Å²) in [5.41, 5.74) is 0.892. The van der Waals surface area contributed by atoms with E-state index in [0.717, 1.165) is 18.7 Å². The minimum absolute atomic E-state index is 0.0289. The molecule has 0 spiro atoms. The number of nitrogens with one attached hydrogen (secondary N) is 1. The second-order valence-corrected chi connectivity index (χ2v) is 4.66. The van der Waals surface area contributed by atoms with E-state index in [1.54, 1.807) is 12.3 Å². The first-order valence-corrected chi connectivity index (χ1v) is 6.75. The molecule has 0 bridgehead atoms. The van der Waals surface area contributed by atoms with Crippen molar-refractivity contribution in [3.05, 3.63) is 57.2 Å². The zero-order valence-electron chi connectivity index (χ0n) is 11.4. The summed E-state index contributed by atoms with van der Waals surface area (Å²) in [7, 11) is 0. The lowest BCUT2D eigenvalue weighted by molar-refractivity contribution is -0.384. The SMILES string of the molecule is CCNCc1ccc(Oc2ccc([N+](=O)[O-])c(Cl)c2)nc1. The van der Waals surface area contributed by atoms with Crippen molar-refractivity contribution in [1.82, 2.24) is 10.3 Å². The minimum Gasteiger partial charge on any atom is -0.439 e. The molecule has 21 heavy (non-hydrogen) atoms. The third kappa shape index (κ3) is 4.14. The van der Waals surface area contributed by atoms with Crippen LogP contribution in [0.15, 0.2) is 36.5 Å². The van der Waals surface area contributed by atoms with Crippen LogP contribution in [0.1, 0.15) is 12.5 Å². The first-order valence-electron chi connectivity index (χ1n) is 6.37. The Balaban J connectivity index is 2.07. The summed E-state index contributed by atoms with van der Waals surface area (Å²) in [6.45, 7) is 3.66. The third-order valence-corrected chi connectivity index (χ3v) is 3.02. The number of nitro benzene ring substituents is 1. The van der Waals surface area contributed by atoms with Gasteiger partial charge in [0.15, 0.2) is 0 Å². The summed E-state index contributed by atoms with van der Waals surface area (Å²) in [6, 6.07) is 7.82. The van der Waals surface area contributed by atoms with Crippen LogP contribution in [-0.4, -0.2) is 16.5 Å².